The maximum atomic E-state index is 13.7. The fourth-order valence-corrected chi connectivity index (χ4v) is 23.8. The van der Waals surface area contributed by atoms with Crippen LogP contribution in [-0.4, -0.2) is 134 Å². The van der Waals surface area contributed by atoms with Crippen molar-refractivity contribution in [2.75, 3.05) is 51.6 Å². The highest BCUT2D eigenvalue weighted by Gasteiger charge is 2.69. The van der Waals surface area contributed by atoms with E-state index >= 15 is 0 Å². The Labute approximate surface area is 581 Å². The van der Waals surface area contributed by atoms with E-state index in [1.54, 1.807) is 28.7 Å². The van der Waals surface area contributed by atoms with Gasteiger partial charge in [-0.1, -0.05) is 149 Å². The molecule has 1 aromatic heterocycles. The minimum atomic E-state index is -1.78. The van der Waals surface area contributed by atoms with Crippen molar-refractivity contribution >= 4 is 21.6 Å². The molecular weight excluding hydrogens is 1260 g/mol. The first-order valence-electron chi connectivity index (χ1n) is 36.6. The van der Waals surface area contributed by atoms with Crippen LogP contribution in [0.5, 0.6) is 11.5 Å². The number of allylic oxidation sites excluding steroid dienone is 6. The number of rotatable bonds is 15. The van der Waals surface area contributed by atoms with E-state index in [2.05, 4.69) is 120 Å². The van der Waals surface area contributed by atoms with Gasteiger partial charge < -0.3 is 71.1 Å². The molecule has 3 fully saturated rings. The Morgan fingerprint density at radius 3 is 2.42 bits per heavy atom. The Hall–Kier alpha value is -5.26. The second-order valence-corrected chi connectivity index (χ2v) is 32.9. The quantitative estimate of drug-likeness (QED) is 0.0174. The van der Waals surface area contributed by atoms with E-state index in [1.807, 2.05) is 24.4 Å². The molecule has 3 heterocycles. The monoisotopic (exact) mass is 1360 g/mol. The SMILES string of the molecule is CC[C@@H]1Cc2cc(O)c(O[C@H]3C[C@@H](Cc4ccc[nH]4)C4=CCNC(N)=C4CSSC[C@H](CO)[C@@H]3O)cc2[C@@H]2C[C@@H](O)[C@H]3[C@H](C#C[C@@]45C[C@H](c6ccccc6)[C@H]6Cc7ccccc7C[C@@H]7[C@@H]8CCCC[C@@H]8C=C[C@H]7[C@]6(C=C(CCCOC)[C@H]4[C@H](O)CC[C@@H]3OCC(O)O)[C@@H]5CO)C=C12. The van der Waals surface area contributed by atoms with Crippen LogP contribution >= 0.6 is 21.6 Å². The lowest BCUT2D eigenvalue weighted by atomic mass is 9.35. The van der Waals surface area contributed by atoms with Crippen molar-refractivity contribution in [1.29, 1.82) is 0 Å². The number of aliphatic hydroxyl groups is 7. The number of methoxy groups -OCH3 is 1. The number of hydrogen-bond donors (Lipinski definition) is 11. The molecule has 2 aliphatic heterocycles. The van der Waals surface area contributed by atoms with Crippen LogP contribution in [0.25, 0.3) is 0 Å². The molecular formula is C81H103N3O11S2. The Bertz CT molecular complexity index is 3640. The maximum absolute atomic E-state index is 13.7. The zero-order valence-electron chi connectivity index (χ0n) is 56.5. The molecule has 4 aromatic rings. The molecule has 14 nitrogen and oxygen atoms in total. The van der Waals surface area contributed by atoms with Crippen LogP contribution in [0, 0.1) is 93.7 Å². The van der Waals surface area contributed by atoms with Crippen LogP contribution in [-0.2, 0) is 35.2 Å². The number of aromatic hydroxyl groups is 1. The molecule has 12 N–H and O–H groups in total. The zero-order valence-corrected chi connectivity index (χ0v) is 58.1. The summed E-state index contributed by atoms with van der Waals surface area (Å²) in [5.74, 6) is 8.33. The van der Waals surface area contributed by atoms with E-state index in [9.17, 15) is 40.9 Å². The topological polar surface area (TPSA) is 243 Å². The predicted octanol–water partition coefficient (Wildman–Crippen LogP) is 11.0. The lowest BCUT2D eigenvalue weighted by Gasteiger charge is -2.68. The first-order valence-corrected chi connectivity index (χ1v) is 39.0. The average molecular weight is 1360 g/mol. The minimum Gasteiger partial charge on any atom is -0.504 e. The highest BCUT2D eigenvalue weighted by molar-refractivity contribution is 8.76. The molecule has 520 valence electrons. The fourth-order valence-electron chi connectivity index (χ4n) is 21.3. The van der Waals surface area contributed by atoms with E-state index in [-0.39, 0.29) is 79.0 Å². The van der Waals surface area contributed by atoms with Gasteiger partial charge in [-0.2, -0.15) is 0 Å². The number of ether oxygens (including phenoxy) is 3. The molecule has 14 rings (SSSR count). The minimum absolute atomic E-state index is 0.00240. The standard InChI is InChI=1S/C81H103N3O11S2/c1-3-47-31-54-36-69(88)72(95-73-37-55(32-57-19-11-28-83-57)59-26-29-84-79(82)65(59)46-97-96-45-56(42-85)78(73)92)39-61(54)62-38-70(89)76-52(34-60(47)62)25-27-80-41-64(48-13-5-4-6-14-48)67-35-51-17-8-7-16-50(51)33-63-58-20-10-9-15-49(58)21-22-66(63)81(67,74(80)43-86)40-53(18-12-30-93-2)77(80)68(87)23-24-71(76)94-44-75(90)91/h4-8,11,13-14,16-17,19,21-22,26,28,34,36,39-40,47,49,52,55-56,58,62-64,66-68,70-71,73-78,83-92H,3,9-10,12,15,18,20,23-24,29-33,35,37-38,41-46,82H2,1-2H3/t47-,49-,52-,55-,56+,58-,62-,63-,64-,66-,67-,68-,70-,71+,73+,74-,76-,77+,78+,80+,81+/m1/s1. The van der Waals surface area contributed by atoms with Crippen LogP contribution in [0.3, 0.4) is 0 Å². The lowest BCUT2D eigenvalue weighted by Crippen LogP contribution is -2.66. The van der Waals surface area contributed by atoms with Crippen LogP contribution in [0.1, 0.15) is 129 Å². The molecule has 1 saturated heterocycles. The summed E-state index contributed by atoms with van der Waals surface area (Å²) >= 11 is 0. The van der Waals surface area contributed by atoms with Gasteiger partial charge in [0.2, 0.25) is 0 Å². The van der Waals surface area contributed by atoms with Gasteiger partial charge in [0.15, 0.2) is 17.8 Å². The van der Waals surface area contributed by atoms with Gasteiger partial charge in [-0.25, -0.2) is 0 Å². The lowest BCUT2D eigenvalue weighted by molar-refractivity contribution is -0.152. The number of dihydropyridines is 1. The molecule has 2 spiro atoms. The third kappa shape index (κ3) is 13.2. The van der Waals surface area contributed by atoms with Gasteiger partial charge in [0.1, 0.15) is 11.9 Å². The Balaban J connectivity index is 0.925. The Morgan fingerprint density at radius 1 is 0.835 bits per heavy atom. The van der Waals surface area contributed by atoms with Crippen molar-refractivity contribution in [3.8, 4) is 23.3 Å². The summed E-state index contributed by atoms with van der Waals surface area (Å²) in [4.78, 5) is 3.40. The number of phenolic OH excluding ortho intramolecular Hbond substituents is 1. The molecule has 21 atom stereocenters. The second-order valence-electron chi connectivity index (χ2n) is 30.4. The maximum Gasteiger partial charge on any atom is 0.175 e. The highest BCUT2D eigenvalue weighted by Crippen LogP contribution is 2.73. The molecule has 8 aliphatic carbocycles. The number of benzene rings is 3. The van der Waals surface area contributed by atoms with Gasteiger partial charge in [-0.05, 0) is 195 Å². The molecule has 3 aromatic carbocycles. The third-order valence-electron chi connectivity index (χ3n) is 25.5. The van der Waals surface area contributed by atoms with E-state index in [0.29, 0.717) is 86.8 Å². The summed E-state index contributed by atoms with van der Waals surface area (Å²) in [6.07, 6.45) is 19.5. The van der Waals surface area contributed by atoms with E-state index in [4.69, 9.17) is 19.9 Å². The van der Waals surface area contributed by atoms with E-state index in [0.717, 1.165) is 59.2 Å². The predicted molar refractivity (Wildman–Crippen MR) is 382 cm³/mol. The van der Waals surface area contributed by atoms with Crippen LogP contribution in [0.4, 0.5) is 0 Å². The van der Waals surface area contributed by atoms with Gasteiger partial charge in [-0.15, -0.1) is 0 Å². The summed E-state index contributed by atoms with van der Waals surface area (Å²) < 4.78 is 19.6. The molecule has 97 heavy (non-hydrogen) atoms. The van der Waals surface area contributed by atoms with Gasteiger partial charge in [0.25, 0.3) is 0 Å². The first kappa shape index (κ1) is 68.9. The third-order valence-corrected chi connectivity index (χ3v) is 27.9. The summed E-state index contributed by atoms with van der Waals surface area (Å²) in [5.41, 5.74) is 16.5. The normalized spacial score (nSPS) is 37.0. The number of nitrogens with one attached hydrogen (secondary N) is 2. The van der Waals surface area contributed by atoms with Crippen LogP contribution in [0.15, 0.2) is 144 Å². The fraction of sp³-hybridized carbons (Fsp3) is 0.580. The number of fused-ring (bicyclic) bond motifs is 9. The van der Waals surface area contributed by atoms with Crippen LogP contribution < -0.4 is 15.8 Å². The van der Waals surface area contributed by atoms with Crippen molar-refractivity contribution in [3.63, 3.8) is 0 Å². The molecule has 0 amide bonds. The number of aliphatic hydroxyl groups excluding tert-OH is 6. The van der Waals surface area contributed by atoms with Crippen molar-refractivity contribution in [2.45, 2.75) is 158 Å². The molecule has 2 bridgehead atoms. The summed E-state index contributed by atoms with van der Waals surface area (Å²) in [6.45, 7) is 2.51. The van der Waals surface area contributed by atoms with Crippen molar-refractivity contribution in [2.24, 2.45) is 87.6 Å². The average Bonchev–Trinajstić information content (AvgIpc) is 1.16. The molecule has 0 unspecified atom stereocenters. The van der Waals surface area contributed by atoms with E-state index in [1.165, 1.54) is 47.9 Å². The van der Waals surface area contributed by atoms with Gasteiger partial charge >= 0.3 is 0 Å². The molecule has 0 radical (unpaired) electrons. The number of phenols is 1. The van der Waals surface area contributed by atoms with Crippen LogP contribution in [0.2, 0.25) is 0 Å². The first-order chi connectivity index (χ1) is 47.2. The van der Waals surface area contributed by atoms with Gasteiger partial charge in [-0.3, -0.25) is 0 Å². The van der Waals surface area contributed by atoms with Gasteiger partial charge in [0, 0.05) is 109 Å². The van der Waals surface area contributed by atoms with Crippen molar-refractivity contribution < 1.29 is 55.1 Å². The zero-order chi connectivity index (χ0) is 67.1. The number of H-pyrrole nitrogens is 1. The van der Waals surface area contributed by atoms with Gasteiger partial charge in [0.05, 0.1) is 31.0 Å². The van der Waals surface area contributed by atoms with Crippen molar-refractivity contribution in [1.82, 2.24) is 10.3 Å². The Kier molecular flexibility index (Phi) is 21.1. The molecule has 16 heteroatoms. The number of nitrogens with two attached hydrogens (primary N) is 1. The van der Waals surface area contributed by atoms with E-state index < -0.39 is 77.9 Å². The van der Waals surface area contributed by atoms with Crippen molar-refractivity contribution in [3.05, 3.63) is 177 Å². The highest BCUT2D eigenvalue weighted by atomic mass is 33.1. The number of aromatic amines is 1. The molecule has 10 aliphatic rings. The molecule has 2 saturated carbocycles. The largest absolute Gasteiger partial charge is 0.504 e. The Morgan fingerprint density at radius 2 is 1.65 bits per heavy atom. The smallest absolute Gasteiger partial charge is 0.175 e. The summed E-state index contributed by atoms with van der Waals surface area (Å²) in [5, 5.41) is 101. The second kappa shape index (κ2) is 29.7. The summed E-state index contributed by atoms with van der Waals surface area (Å²) in [6, 6.07) is 28.0. The number of hydrogen-bond acceptors (Lipinski definition) is 15. The number of aromatic nitrogens is 1. The summed E-state index contributed by atoms with van der Waals surface area (Å²) in [7, 11) is 4.99.